The standard InChI is InChI=1S/C22H29Cl2N5O/c23-19-2-1-3-20(21(19)24)28-14-12-27(13-15-28)10-8-17-4-6-18(7-5-17)26-22(30)29-11-9-25-16-29/h1-3,9,11,16-18H,4-8,10,12-15H2,(H,26,30)/t17-,18-. The molecule has 0 bridgehead atoms. The Balaban J connectivity index is 1.15. The number of imidazole rings is 1. The number of hydrogen-bond acceptors (Lipinski definition) is 4. The lowest BCUT2D eigenvalue weighted by atomic mass is 9.84. The van der Waals surface area contributed by atoms with Gasteiger partial charge in [-0.2, -0.15) is 0 Å². The third-order valence-electron chi connectivity index (χ3n) is 6.41. The number of rotatable bonds is 5. The lowest BCUT2D eigenvalue weighted by Gasteiger charge is -2.37. The van der Waals surface area contributed by atoms with Gasteiger partial charge >= 0.3 is 6.03 Å². The molecule has 1 aliphatic heterocycles. The summed E-state index contributed by atoms with van der Waals surface area (Å²) in [5.74, 6) is 0.756. The summed E-state index contributed by atoms with van der Waals surface area (Å²) in [6.07, 6.45) is 10.6. The molecule has 8 heteroatoms. The highest BCUT2D eigenvalue weighted by Gasteiger charge is 2.24. The molecular formula is C22H29Cl2N5O. The minimum absolute atomic E-state index is 0.0753. The zero-order valence-electron chi connectivity index (χ0n) is 17.1. The van der Waals surface area contributed by atoms with Crippen molar-refractivity contribution in [3.63, 3.8) is 0 Å². The summed E-state index contributed by atoms with van der Waals surface area (Å²) in [6.45, 7) is 5.21. The van der Waals surface area contributed by atoms with Gasteiger partial charge in [-0.1, -0.05) is 29.3 Å². The van der Waals surface area contributed by atoms with Gasteiger partial charge in [0.25, 0.3) is 0 Å². The Morgan fingerprint density at radius 3 is 2.57 bits per heavy atom. The Bertz CT molecular complexity index is 828. The predicted octanol–water partition coefficient (Wildman–Crippen LogP) is 4.52. The van der Waals surface area contributed by atoms with E-state index in [1.807, 2.05) is 18.2 Å². The summed E-state index contributed by atoms with van der Waals surface area (Å²) >= 11 is 12.5. The smallest absolute Gasteiger partial charge is 0.327 e. The van der Waals surface area contributed by atoms with Gasteiger partial charge < -0.3 is 10.2 Å². The van der Waals surface area contributed by atoms with E-state index in [1.54, 1.807) is 18.7 Å². The second-order valence-corrected chi connectivity index (χ2v) is 9.11. The van der Waals surface area contributed by atoms with Crippen LogP contribution in [0.4, 0.5) is 10.5 Å². The SMILES string of the molecule is O=C(N[C@H]1CC[C@H](CCN2CCN(c3cccc(Cl)c3Cl)CC2)CC1)n1ccnc1. The second kappa shape index (κ2) is 10.0. The van der Waals surface area contributed by atoms with Crippen molar-refractivity contribution in [1.29, 1.82) is 0 Å². The van der Waals surface area contributed by atoms with Crippen molar-refractivity contribution in [2.45, 2.75) is 38.1 Å². The van der Waals surface area contributed by atoms with Gasteiger partial charge in [-0.05, 0) is 56.7 Å². The van der Waals surface area contributed by atoms with E-state index in [4.69, 9.17) is 23.2 Å². The number of amides is 1. The molecule has 1 saturated heterocycles. The van der Waals surface area contributed by atoms with Gasteiger partial charge in [0.05, 0.1) is 15.7 Å². The first-order chi connectivity index (χ1) is 14.6. The summed E-state index contributed by atoms with van der Waals surface area (Å²) in [5, 5.41) is 4.40. The van der Waals surface area contributed by atoms with E-state index in [2.05, 4.69) is 20.1 Å². The number of carbonyl (C=O) groups excluding carboxylic acids is 1. The topological polar surface area (TPSA) is 53.4 Å². The van der Waals surface area contributed by atoms with E-state index in [1.165, 1.54) is 23.8 Å². The summed E-state index contributed by atoms with van der Waals surface area (Å²) in [6, 6.07) is 6.05. The van der Waals surface area contributed by atoms with Crippen LogP contribution in [0, 0.1) is 5.92 Å². The third kappa shape index (κ3) is 5.29. The van der Waals surface area contributed by atoms with Crippen LogP contribution in [0.15, 0.2) is 36.9 Å². The highest BCUT2D eigenvalue weighted by atomic mass is 35.5. The molecule has 30 heavy (non-hydrogen) atoms. The van der Waals surface area contributed by atoms with Gasteiger partial charge in [-0.3, -0.25) is 9.47 Å². The van der Waals surface area contributed by atoms with E-state index in [-0.39, 0.29) is 12.1 Å². The molecule has 2 fully saturated rings. The van der Waals surface area contributed by atoms with Gasteiger partial charge in [-0.25, -0.2) is 9.78 Å². The number of nitrogens with zero attached hydrogens (tertiary/aromatic N) is 4. The minimum atomic E-state index is -0.0753. The zero-order chi connectivity index (χ0) is 20.9. The van der Waals surface area contributed by atoms with Crippen molar-refractivity contribution < 1.29 is 4.79 Å². The van der Waals surface area contributed by atoms with Crippen molar-refractivity contribution in [2.24, 2.45) is 5.92 Å². The molecule has 0 spiro atoms. The van der Waals surface area contributed by atoms with Crippen LogP contribution in [0.25, 0.3) is 0 Å². The Morgan fingerprint density at radius 1 is 1.10 bits per heavy atom. The molecule has 0 atom stereocenters. The number of nitrogens with one attached hydrogen (secondary N) is 1. The fraction of sp³-hybridized carbons (Fsp3) is 0.545. The van der Waals surface area contributed by atoms with Gasteiger partial charge in [0.15, 0.2) is 0 Å². The number of anilines is 1. The van der Waals surface area contributed by atoms with Crippen LogP contribution in [-0.2, 0) is 0 Å². The normalized spacial score (nSPS) is 22.8. The Labute approximate surface area is 188 Å². The summed E-state index contributed by atoms with van der Waals surface area (Å²) in [5.41, 5.74) is 1.04. The van der Waals surface area contributed by atoms with Crippen molar-refractivity contribution >= 4 is 34.9 Å². The minimum Gasteiger partial charge on any atom is -0.368 e. The second-order valence-electron chi connectivity index (χ2n) is 8.33. The van der Waals surface area contributed by atoms with Crippen LogP contribution >= 0.6 is 23.2 Å². The molecule has 1 aromatic carbocycles. The van der Waals surface area contributed by atoms with E-state index < -0.39 is 0 Å². The number of hydrogen-bond donors (Lipinski definition) is 1. The van der Waals surface area contributed by atoms with Crippen LogP contribution in [0.5, 0.6) is 0 Å². The number of piperazine rings is 1. The fourth-order valence-corrected chi connectivity index (χ4v) is 4.95. The zero-order valence-corrected chi connectivity index (χ0v) is 18.7. The summed E-state index contributed by atoms with van der Waals surface area (Å²) in [7, 11) is 0. The van der Waals surface area contributed by atoms with Gasteiger partial charge in [0.2, 0.25) is 0 Å². The van der Waals surface area contributed by atoms with Crippen LogP contribution in [0.2, 0.25) is 10.0 Å². The molecule has 0 unspecified atom stereocenters. The molecule has 2 heterocycles. The molecule has 1 amide bonds. The highest BCUT2D eigenvalue weighted by Crippen LogP contribution is 2.33. The molecule has 2 aliphatic rings. The van der Waals surface area contributed by atoms with E-state index >= 15 is 0 Å². The lowest BCUT2D eigenvalue weighted by Crippen LogP contribution is -2.47. The predicted molar refractivity (Wildman–Crippen MR) is 122 cm³/mol. The first-order valence-electron chi connectivity index (χ1n) is 10.8. The quantitative estimate of drug-likeness (QED) is 0.728. The number of carbonyl (C=O) groups is 1. The molecule has 1 aliphatic carbocycles. The summed E-state index contributed by atoms with van der Waals surface area (Å²) in [4.78, 5) is 21.0. The maximum absolute atomic E-state index is 12.1. The van der Waals surface area contributed by atoms with E-state index in [0.29, 0.717) is 10.0 Å². The molecular weight excluding hydrogens is 421 g/mol. The molecule has 6 nitrogen and oxygen atoms in total. The van der Waals surface area contributed by atoms with Crippen molar-refractivity contribution in [2.75, 3.05) is 37.6 Å². The first-order valence-corrected chi connectivity index (χ1v) is 11.6. The Morgan fingerprint density at radius 2 is 1.87 bits per heavy atom. The van der Waals surface area contributed by atoms with Crippen molar-refractivity contribution in [3.8, 4) is 0 Å². The largest absolute Gasteiger partial charge is 0.368 e. The molecule has 2 aromatic rings. The number of halogens is 2. The molecule has 162 valence electrons. The molecule has 1 saturated carbocycles. The molecule has 1 N–H and O–H groups in total. The lowest BCUT2D eigenvalue weighted by molar-refractivity contribution is 0.206. The average Bonchev–Trinajstić information content (AvgIpc) is 3.31. The monoisotopic (exact) mass is 449 g/mol. The van der Waals surface area contributed by atoms with Crippen LogP contribution in [0.1, 0.15) is 32.1 Å². The average molecular weight is 450 g/mol. The Kier molecular flexibility index (Phi) is 7.18. The first kappa shape index (κ1) is 21.5. The fourth-order valence-electron chi connectivity index (χ4n) is 4.54. The Hall–Kier alpha value is -1.76. The maximum atomic E-state index is 12.1. The van der Waals surface area contributed by atoms with Gasteiger partial charge in [-0.15, -0.1) is 0 Å². The number of aromatic nitrogens is 2. The van der Waals surface area contributed by atoms with Crippen molar-refractivity contribution in [1.82, 2.24) is 19.8 Å². The van der Waals surface area contributed by atoms with Crippen LogP contribution in [0.3, 0.4) is 0 Å². The van der Waals surface area contributed by atoms with Crippen LogP contribution in [-0.4, -0.2) is 59.2 Å². The van der Waals surface area contributed by atoms with Crippen LogP contribution < -0.4 is 10.2 Å². The molecule has 1 aromatic heterocycles. The van der Waals surface area contributed by atoms with E-state index in [0.717, 1.165) is 57.2 Å². The van der Waals surface area contributed by atoms with Gasteiger partial charge in [0, 0.05) is 44.6 Å². The molecule has 4 rings (SSSR count). The third-order valence-corrected chi connectivity index (χ3v) is 7.22. The maximum Gasteiger partial charge on any atom is 0.327 e. The van der Waals surface area contributed by atoms with E-state index in [9.17, 15) is 4.79 Å². The highest BCUT2D eigenvalue weighted by molar-refractivity contribution is 6.43. The number of benzene rings is 1. The van der Waals surface area contributed by atoms with Gasteiger partial charge in [0.1, 0.15) is 6.33 Å². The summed E-state index contributed by atoms with van der Waals surface area (Å²) < 4.78 is 1.50. The van der Waals surface area contributed by atoms with Crippen molar-refractivity contribution in [3.05, 3.63) is 47.0 Å². The molecule has 0 radical (unpaired) electrons.